The van der Waals surface area contributed by atoms with Crippen LogP contribution in [0.4, 0.5) is 17.2 Å². The van der Waals surface area contributed by atoms with Crippen LogP contribution in [0, 0.1) is 0 Å². The number of aromatic carboxylic acids is 1. The van der Waals surface area contributed by atoms with Gasteiger partial charge in [0.1, 0.15) is 11.4 Å². The molecule has 1 aromatic heterocycles. The molecule has 2 aromatic rings. The predicted octanol–water partition coefficient (Wildman–Crippen LogP) is 2.87. The van der Waals surface area contributed by atoms with Gasteiger partial charge in [0.05, 0.1) is 17.6 Å². The molecule has 0 amide bonds. The maximum absolute atomic E-state index is 11.1. The highest BCUT2D eigenvalue weighted by Gasteiger charge is 2.12. The molecular weight excluding hydrogens is 298 g/mol. The first kappa shape index (κ1) is 12.4. The zero-order valence-electron chi connectivity index (χ0n) is 9.22. The third-order valence-corrected chi connectivity index (χ3v) is 2.96. The second-order valence-electron chi connectivity index (χ2n) is 3.57. The number of nitrogens with one attached hydrogen (secondary N) is 1. The van der Waals surface area contributed by atoms with Crippen LogP contribution < -0.4 is 11.1 Å². The van der Waals surface area contributed by atoms with Crippen LogP contribution in [0.2, 0.25) is 0 Å². The molecule has 2 rings (SSSR count). The summed E-state index contributed by atoms with van der Waals surface area (Å²) >= 11 is 3.37. The third-order valence-electron chi connectivity index (χ3n) is 2.27. The van der Waals surface area contributed by atoms with Crippen molar-refractivity contribution in [3.63, 3.8) is 0 Å². The Morgan fingerprint density at radius 1 is 1.39 bits per heavy atom. The maximum atomic E-state index is 11.1. The van der Waals surface area contributed by atoms with Crippen molar-refractivity contribution in [3.05, 3.63) is 46.6 Å². The van der Waals surface area contributed by atoms with Crippen molar-refractivity contribution in [3.8, 4) is 0 Å². The summed E-state index contributed by atoms with van der Waals surface area (Å²) in [5.41, 5.74) is 6.60. The molecule has 0 aliphatic heterocycles. The number of nitrogens with zero attached hydrogens (tertiary/aromatic N) is 1. The minimum Gasteiger partial charge on any atom is -0.478 e. The molecule has 0 saturated carbocycles. The van der Waals surface area contributed by atoms with Crippen LogP contribution in [0.15, 0.2) is 41.0 Å². The van der Waals surface area contributed by atoms with Gasteiger partial charge in [-0.2, -0.15) is 0 Å². The number of nitrogen functional groups attached to an aromatic ring is 1. The number of carboxylic acids is 1. The predicted molar refractivity (Wildman–Crippen MR) is 73.0 cm³/mol. The number of aromatic nitrogens is 1. The van der Waals surface area contributed by atoms with Gasteiger partial charge < -0.3 is 16.2 Å². The number of benzene rings is 1. The van der Waals surface area contributed by atoms with Gasteiger partial charge in [-0.3, -0.25) is 0 Å². The molecule has 1 heterocycles. The Morgan fingerprint density at radius 2 is 2.11 bits per heavy atom. The number of carboxylic acid groups (broad SMARTS) is 1. The Balaban J connectivity index is 2.41. The minimum atomic E-state index is -1.08. The zero-order valence-corrected chi connectivity index (χ0v) is 10.8. The summed E-state index contributed by atoms with van der Waals surface area (Å²) in [6.45, 7) is 0. The lowest BCUT2D eigenvalue weighted by Gasteiger charge is -2.10. The fourth-order valence-corrected chi connectivity index (χ4v) is 1.82. The topological polar surface area (TPSA) is 88.2 Å². The van der Waals surface area contributed by atoms with E-state index in [0.29, 0.717) is 5.69 Å². The lowest BCUT2D eigenvalue weighted by Crippen LogP contribution is -2.06. The highest BCUT2D eigenvalue weighted by molar-refractivity contribution is 9.10. The molecule has 0 atom stereocenters. The second-order valence-corrected chi connectivity index (χ2v) is 4.43. The molecule has 0 unspecified atom stereocenters. The molecule has 0 aliphatic carbocycles. The van der Waals surface area contributed by atoms with E-state index in [-0.39, 0.29) is 11.4 Å². The molecule has 6 heteroatoms. The van der Waals surface area contributed by atoms with Crippen LogP contribution in [0.25, 0.3) is 0 Å². The number of nitrogens with two attached hydrogens (primary N) is 1. The van der Waals surface area contributed by atoms with Gasteiger partial charge in [0.2, 0.25) is 0 Å². The molecule has 92 valence electrons. The van der Waals surface area contributed by atoms with Gasteiger partial charge in [-0.15, -0.1) is 0 Å². The van der Waals surface area contributed by atoms with Gasteiger partial charge in [0.15, 0.2) is 0 Å². The van der Waals surface area contributed by atoms with E-state index < -0.39 is 5.97 Å². The lowest BCUT2D eigenvalue weighted by atomic mass is 10.2. The van der Waals surface area contributed by atoms with Crippen LogP contribution in [-0.4, -0.2) is 16.1 Å². The second kappa shape index (κ2) is 5.05. The molecule has 18 heavy (non-hydrogen) atoms. The number of pyridine rings is 1. The Hall–Kier alpha value is -2.08. The average molecular weight is 308 g/mol. The monoisotopic (exact) mass is 307 g/mol. The summed E-state index contributed by atoms with van der Waals surface area (Å²) in [6.07, 6.45) is 1.41. The van der Waals surface area contributed by atoms with Crippen molar-refractivity contribution in [2.24, 2.45) is 0 Å². The van der Waals surface area contributed by atoms with Crippen LogP contribution >= 0.6 is 15.9 Å². The Kier molecular flexibility index (Phi) is 3.47. The molecule has 4 N–H and O–H groups in total. The van der Waals surface area contributed by atoms with Crippen LogP contribution in [-0.2, 0) is 0 Å². The van der Waals surface area contributed by atoms with Crippen molar-refractivity contribution in [2.45, 2.75) is 0 Å². The molecular formula is C12H10BrN3O2. The normalized spacial score (nSPS) is 10.1. The van der Waals surface area contributed by atoms with Crippen molar-refractivity contribution in [2.75, 3.05) is 11.1 Å². The zero-order chi connectivity index (χ0) is 13.1. The van der Waals surface area contributed by atoms with Crippen molar-refractivity contribution < 1.29 is 9.90 Å². The van der Waals surface area contributed by atoms with E-state index in [2.05, 4.69) is 26.2 Å². The van der Waals surface area contributed by atoms with Gasteiger partial charge >= 0.3 is 5.97 Å². The summed E-state index contributed by atoms with van der Waals surface area (Å²) in [5, 5.41) is 12.0. The van der Waals surface area contributed by atoms with E-state index in [0.717, 1.165) is 10.2 Å². The van der Waals surface area contributed by atoms with Crippen molar-refractivity contribution in [1.82, 2.24) is 4.98 Å². The van der Waals surface area contributed by atoms with Crippen LogP contribution in [0.3, 0.4) is 0 Å². The summed E-state index contributed by atoms with van der Waals surface area (Å²) in [6, 6.07) is 8.73. The highest BCUT2D eigenvalue weighted by atomic mass is 79.9. The van der Waals surface area contributed by atoms with Crippen molar-refractivity contribution >= 4 is 39.1 Å². The number of para-hydroxylation sites is 1. The number of carbonyl (C=O) groups is 1. The first-order valence-electron chi connectivity index (χ1n) is 5.08. The lowest BCUT2D eigenvalue weighted by molar-refractivity contribution is 0.0697. The van der Waals surface area contributed by atoms with Crippen molar-refractivity contribution in [1.29, 1.82) is 0 Å². The quantitative estimate of drug-likeness (QED) is 0.811. The summed E-state index contributed by atoms with van der Waals surface area (Å²) in [4.78, 5) is 15.1. The first-order valence-corrected chi connectivity index (χ1v) is 5.87. The Labute approximate surface area is 112 Å². The summed E-state index contributed by atoms with van der Waals surface area (Å²) in [7, 11) is 0. The molecule has 0 bridgehead atoms. The fraction of sp³-hybridized carbons (Fsp3) is 0. The largest absolute Gasteiger partial charge is 0.478 e. The van der Waals surface area contributed by atoms with E-state index in [1.165, 1.54) is 12.3 Å². The summed E-state index contributed by atoms with van der Waals surface area (Å²) < 4.78 is 0.819. The van der Waals surface area contributed by atoms with Crippen LogP contribution in [0.1, 0.15) is 10.4 Å². The van der Waals surface area contributed by atoms with Gasteiger partial charge in [-0.05, 0) is 34.1 Å². The van der Waals surface area contributed by atoms with E-state index in [4.69, 9.17) is 10.8 Å². The molecule has 0 aliphatic rings. The van der Waals surface area contributed by atoms with Crippen LogP contribution in [0.5, 0.6) is 0 Å². The van der Waals surface area contributed by atoms with Gasteiger partial charge in [-0.25, -0.2) is 9.78 Å². The Bertz CT molecular complexity index is 602. The van der Waals surface area contributed by atoms with Gasteiger partial charge in [0.25, 0.3) is 0 Å². The smallest absolute Gasteiger partial charge is 0.339 e. The SMILES string of the molecule is Nc1cnc(Nc2ccccc2Br)c(C(=O)O)c1. The highest BCUT2D eigenvalue weighted by Crippen LogP contribution is 2.26. The molecule has 0 spiro atoms. The number of hydrogen-bond donors (Lipinski definition) is 3. The first-order chi connectivity index (χ1) is 8.58. The third kappa shape index (κ3) is 2.60. The fourth-order valence-electron chi connectivity index (χ4n) is 1.43. The molecule has 0 radical (unpaired) electrons. The molecule has 1 aromatic carbocycles. The summed E-state index contributed by atoms with van der Waals surface area (Å²) in [5.74, 6) is -0.826. The van der Waals surface area contributed by atoms with E-state index in [1.54, 1.807) is 0 Å². The molecule has 5 nitrogen and oxygen atoms in total. The number of halogens is 1. The number of anilines is 3. The minimum absolute atomic E-state index is 0.0331. The van der Waals surface area contributed by atoms with E-state index in [1.807, 2.05) is 24.3 Å². The Morgan fingerprint density at radius 3 is 2.78 bits per heavy atom. The molecule has 0 saturated heterocycles. The maximum Gasteiger partial charge on any atom is 0.339 e. The standard InChI is InChI=1S/C12H10BrN3O2/c13-9-3-1-2-4-10(9)16-11-8(12(17)18)5-7(14)6-15-11/h1-6H,14H2,(H,15,16)(H,17,18). The van der Waals surface area contributed by atoms with E-state index in [9.17, 15) is 4.79 Å². The van der Waals surface area contributed by atoms with E-state index >= 15 is 0 Å². The average Bonchev–Trinajstić information content (AvgIpc) is 2.34. The number of hydrogen-bond acceptors (Lipinski definition) is 4. The van der Waals surface area contributed by atoms with Gasteiger partial charge in [0, 0.05) is 4.47 Å². The number of rotatable bonds is 3. The molecule has 0 fully saturated rings. The van der Waals surface area contributed by atoms with Gasteiger partial charge in [-0.1, -0.05) is 12.1 Å².